The number of hydrogen-bond acceptors (Lipinski definition) is 3. The molecule has 4 nitrogen and oxygen atoms in total. The van der Waals surface area contributed by atoms with Crippen LogP contribution in [-0.2, 0) is 4.79 Å². The van der Waals surface area contributed by atoms with E-state index in [0.717, 1.165) is 35.9 Å². The molecular weight excluding hydrogens is 348 g/mol. The lowest BCUT2D eigenvalue weighted by Gasteiger charge is -2.33. The molecule has 0 unspecified atom stereocenters. The molecule has 28 heavy (non-hydrogen) atoms. The average molecular weight is 381 g/mol. The Balaban J connectivity index is 1.57. The summed E-state index contributed by atoms with van der Waals surface area (Å²) < 4.78 is 5.83. The molecule has 1 aliphatic rings. The number of carbonyl (C=O) groups excluding carboxylic acids is 1. The van der Waals surface area contributed by atoms with Crippen LogP contribution in [0.15, 0.2) is 48.5 Å². The lowest BCUT2D eigenvalue weighted by molar-refractivity contribution is -0.127. The summed E-state index contributed by atoms with van der Waals surface area (Å²) >= 11 is 0. The summed E-state index contributed by atoms with van der Waals surface area (Å²) in [4.78, 5) is 15.0. The van der Waals surface area contributed by atoms with Crippen molar-refractivity contribution < 1.29 is 9.53 Å². The fourth-order valence-corrected chi connectivity index (χ4v) is 3.74. The quantitative estimate of drug-likeness (QED) is 0.777. The lowest BCUT2D eigenvalue weighted by Crippen LogP contribution is -2.38. The van der Waals surface area contributed by atoms with Crippen LogP contribution in [0.5, 0.6) is 5.75 Å². The number of nitrogens with one attached hydrogen (secondary N) is 1. The monoisotopic (exact) mass is 380 g/mol. The Bertz CT molecular complexity index is 787. The Morgan fingerprint density at radius 2 is 1.86 bits per heavy atom. The lowest BCUT2D eigenvalue weighted by atomic mass is 9.99. The van der Waals surface area contributed by atoms with Gasteiger partial charge in [0.25, 0.3) is 5.91 Å². The molecule has 0 aromatic heterocycles. The summed E-state index contributed by atoms with van der Waals surface area (Å²) in [5.41, 5.74) is 3.40. The number of carbonyl (C=O) groups is 1. The Morgan fingerprint density at radius 1 is 1.14 bits per heavy atom. The maximum atomic E-state index is 12.5. The van der Waals surface area contributed by atoms with Crippen molar-refractivity contribution in [3.8, 4) is 5.75 Å². The van der Waals surface area contributed by atoms with E-state index in [1.165, 1.54) is 18.5 Å². The van der Waals surface area contributed by atoms with Gasteiger partial charge in [0.1, 0.15) is 5.75 Å². The Morgan fingerprint density at radius 3 is 2.54 bits per heavy atom. The van der Waals surface area contributed by atoms with Crippen LogP contribution in [0.4, 0.5) is 5.69 Å². The van der Waals surface area contributed by atoms with Crippen molar-refractivity contribution >= 4 is 11.6 Å². The van der Waals surface area contributed by atoms with Crippen molar-refractivity contribution in [3.05, 3.63) is 59.7 Å². The van der Waals surface area contributed by atoms with Crippen molar-refractivity contribution in [2.75, 3.05) is 18.0 Å². The first-order valence-corrected chi connectivity index (χ1v) is 10.3. The first-order valence-electron chi connectivity index (χ1n) is 10.3. The first kappa shape index (κ1) is 20.2. The van der Waals surface area contributed by atoms with Gasteiger partial charge in [-0.05, 0) is 68.9 Å². The molecule has 0 aliphatic carbocycles. The third kappa shape index (κ3) is 5.06. The van der Waals surface area contributed by atoms with Crippen LogP contribution in [-0.4, -0.2) is 25.1 Å². The normalized spacial score (nSPS) is 19.0. The topological polar surface area (TPSA) is 41.6 Å². The average Bonchev–Trinajstić information content (AvgIpc) is 2.69. The third-order valence-electron chi connectivity index (χ3n) is 5.54. The molecule has 0 radical (unpaired) electrons. The van der Waals surface area contributed by atoms with Gasteiger partial charge < -0.3 is 15.0 Å². The van der Waals surface area contributed by atoms with Crippen LogP contribution in [0.25, 0.3) is 0 Å². The van der Waals surface area contributed by atoms with Gasteiger partial charge in [0.15, 0.2) is 6.10 Å². The number of hydrogen-bond donors (Lipinski definition) is 1. The van der Waals surface area contributed by atoms with Crippen LogP contribution in [0.1, 0.15) is 50.8 Å². The number of ether oxygens (including phenoxy) is 1. The number of benzene rings is 2. The number of nitrogens with zero attached hydrogens (tertiary/aromatic N) is 1. The van der Waals surface area contributed by atoms with Crippen molar-refractivity contribution in [3.63, 3.8) is 0 Å². The van der Waals surface area contributed by atoms with E-state index in [1.807, 2.05) is 38.1 Å². The Labute approximate surface area is 168 Å². The van der Waals surface area contributed by atoms with Gasteiger partial charge in [0.2, 0.25) is 0 Å². The van der Waals surface area contributed by atoms with E-state index >= 15 is 0 Å². The number of aryl methyl sites for hydroxylation is 1. The number of para-hydroxylation sites is 1. The highest BCUT2D eigenvalue weighted by molar-refractivity contribution is 5.81. The van der Waals surface area contributed by atoms with Crippen molar-refractivity contribution in [1.82, 2.24) is 5.32 Å². The minimum atomic E-state index is -0.544. The number of amides is 1. The second-order valence-corrected chi connectivity index (χ2v) is 8.04. The maximum Gasteiger partial charge on any atom is 0.261 e. The number of piperidine rings is 1. The molecule has 0 saturated carbocycles. The number of anilines is 1. The van der Waals surface area contributed by atoms with Gasteiger partial charge >= 0.3 is 0 Å². The molecule has 1 amide bonds. The van der Waals surface area contributed by atoms with E-state index in [0.29, 0.717) is 0 Å². The fourth-order valence-electron chi connectivity index (χ4n) is 3.74. The van der Waals surface area contributed by atoms with Crippen LogP contribution in [0.3, 0.4) is 0 Å². The molecule has 1 N–H and O–H groups in total. The summed E-state index contributed by atoms with van der Waals surface area (Å²) in [5.74, 6) is 1.39. The predicted octanol–water partition coefficient (Wildman–Crippen LogP) is 4.88. The molecule has 1 saturated heterocycles. The highest BCUT2D eigenvalue weighted by Gasteiger charge is 2.19. The second-order valence-electron chi connectivity index (χ2n) is 8.04. The molecule has 2 aromatic carbocycles. The van der Waals surface area contributed by atoms with Gasteiger partial charge in [-0.3, -0.25) is 4.79 Å². The smallest absolute Gasteiger partial charge is 0.261 e. The molecule has 0 bridgehead atoms. The molecule has 3 rings (SSSR count). The second kappa shape index (κ2) is 9.13. The predicted molar refractivity (Wildman–Crippen MR) is 115 cm³/mol. The van der Waals surface area contributed by atoms with Crippen molar-refractivity contribution in [2.24, 2.45) is 5.92 Å². The van der Waals surface area contributed by atoms with E-state index in [4.69, 9.17) is 4.74 Å². The maximum absolute atomic E-state index is 12.5. The van der Waals surface area contributed by atoms with E-state index in [-0.39, 0.29) is 11.9 Å². The van der Waals surface area contributed by atoms with Crippen molar-refractivity contribution in [2.45, 2.75) is 52.7 Å². The standard InChI is InChI=1S/C24H32N2O2/c1-17-8-7-15-26(16-17)22-13-11-21(12-14-22)19(3)25-24(27)20(4)28-23-10-6-5-9-18(23)2/h5-6,9-14,17,19-20H,7-8,15-16H2,1-4H3,(H,25,27)/t17-,19-,20+/m1/s1. The van der Waals surface area contributed by atoms with Crippen LogP contribution in [0.2, 0.25) is 0 Å². The summed E-state index contributed by atoms with van der Waals surface area (Å²) in [7, 11) is 0. The summed E-state index contributed by atoms with van der Waals surface area (Å²) in [6.45, 7) is 10.3. The molecule has 3 atom stereocenters. The van der Waals surface area contributed by atoms with Crippen LogP contribution in [0, 0.1) is 12.8 Å². The molecule has 4 heteroatoms. The largest absolute Gasteiger partial charge is 0.481 e. The van der Waals surface area contributed by atoms with Crippen LogP contribution >= 0.6 is 0 Å². The van der Waals surface area contributed by atoms with Crippen molar-refractivity contribution in [1.29, 1.82) is 0 Å². The summed E-state index contributed by atoms with van der Waals surface area (Å²) in [6.07, 6.45) is 2.03. The number of rotatable bonds is 6. The first-order chi connectivity index (χ1) is 13.4. The van der Waals surface area contributed by atoms with Gasteiger partial charge in [-0.25, -0.2) is 0 Å². The van der Waals surface area contributed by atoms with Gasteiger partial charge in [-0.15, -0.1) is 0 Å². The zero-order valence-corrected chi connectivity index (χ0v) is 17.4. The Kier molecular flexibility index (Phi) is 6.61. The molecule has 2 aromatic rings. The molecule has 1 heterocycles. The van der Waals surface area contributed by atoms with Gasteiger partial charge in [0, 0.05) is 18.8 Å². The molecule has 1 fully saturated rings. The fraction of sp³-hybridized carbons (Fsp3) is 0.458. The zero-order chi connectivity index (χ0) is 20.1. The van der Waals surface area contributed by atoms with E-state index in [2.05, 4.69) is 41.4 Å². The minimum Gasteiger partial charge on any atom is -0.481 e. The SMILES string of the molecule is Cc1ccccc1O[C@@H](C)C(=O)N[C@H](C)c1ccc(N2CCC[C@@H](C)C2)cc1. The molecule has 0 spiro atoms. The molecule has 1 aliphatic heterocycles. The van der Waals surface area contributed by atoms with Gasteiger partial charge in [0.05, 0.1) is 6.04 Å². The zero-order valence-electron chi connectivity index (χ0n) is 17.4. The highest BCUT2D eigenvalue weighted by atomic mass is 16.5. The van der Waals surface area contributed by atoms with E-state index < -0.39 is 6.10 Å². The molecule has 150 valence electrons. The summed E-state index contributed by atoms with van der Waals surface area (Å²) in [6, 6.07) is 16.3. The van der Waals surface area contributed by atoms with E-state index in [1.54, 1.807) is 6.92 Å². The highest BCUT2D eigenvalue weighted by Crippen LogP contribution is 2.25. The molecular formula is C24H32N2O2. The van der Waals surface area contributed by atoms with Gasteiger partial charge in [-0.2, -0.15) is 0 Å². The van der Waals surface area contributed by atoms with E-state index in [9.17, 15) is 4.79 Å². The summed E-state index contributed by atoms with van der Waals surface area (Å²) in [5, 5.41) is 3.06. The minimum absolute atomic E-state index is 0.0650. The van der Waals surface area contributed by atoms with Crippen LogP contribution < -0.4 is 15.0 Å². The Hall–Kier alpha value is -2.49. The third-order valence-corrected chi connectivity index (χ3v) is 5.54. The van der Waals surface area contributed by atoms with Gasteiger partial charge in [-0.1, -0.05) is 37.3 Å².